The van der Waals surface area contributed by atoms with Gasteiger partial charge in [0.1, 0.15) is 5.75 Å². The molecule has 0 aliphatic heterocycles. The van der Waals surface area contributed by atoms with E-state index in [4.69, 9.17) is 10.5 Å². The van der Waals surface area contributed by atoms with Gasteiger partial charge in [-0.25, -0.2) is 0 Å². The number of hydrogen-bond donors (Lipinski definition) is 2. The molecule has 1 unspecified atom stereocenters. The molecular formula is C18H20N2O2S. The van der Waals surface area contributed by atoms with E-state index in [0.717, 1.165) is 35.2 Å². The largest absolute Gasteiger partial charge is 0.497 e. The van der Waals surface area contributed by atoms with Crippen LogP contribution < -0.4 is 15.3 Å². The molecule has 0 aliphatic rings. The Balaban J connectivity index is 1.58. The van der Waals surface area contributed by atoms with Crippen molar-refractivity contribution in [3.63, 3.8) is 0 Å². The SMILES string of the molecule is COc1ccc(CC(N)CCc2ccc3[nH]c(=O)sc3c2)cc1. The van der Waals surface area contributed by atoms with Crippen LogP contribution in [0, 0.1) is 0 Å². The first-order valence-electron chi connectivity index (χ1n) is 7.64. The van der Waals surface area contributed by atoms with Crippen molar-refractivity contribution in [2.45, 2.75) is 25.3 Å². The summed E-state index contributed by atoms with van der Waals surface area (Å²) in [6.07, 6.45) is 2.68. The van der Waals surface area contributed by atoms with Crippen LogP contribution >= 0.6 is 11.3 Å². The zero-order valence-corrected chi connectivity index (χ0v) is 13.9. The summed E-state index contributed by atoms with van der Waals surface area (Å²) in [6, 6.07) is 14.3. The second kappa shape index (κ2) is 6.98. The minimum atomic E-state index is -0.00615. The molecule has 2 aromatic carbocycles. The first-order valence-corrected chi connectivity index (χ1v) is 8.46. The molecule has 0 fully saturated rings. The van der Waals surface area contributed by atoms with E-state index in [1.165, 1.54) is 22.5 Å². The van der Waals surface area contributed by atoms with Gasteiger partial charge in [0.05, 0.1) is 17.3 Å². The van der Waals surface area contributed by atoms with Gasteiger partial charge in [-0.2, -0.15) is 0 Å². The van der Waals surface area contributed by atoms with Crippen LogP contribution in [0.1, 0.15) is 17.5 Å². The van der Waals surface area contributed by atoms with Gasteiger partial charge in [-0.05, 0) is 54.7 Å². The summed E-state index contributed by atoms with van der Waals surface area (Å²) in [5.74, 6) is 0.862. The van der Waals surface area contributed by atoms with Crippen LogP contribution in [0.4, 0.5) is 0 Å². The maximum Gasteiger partial charge on any atom is 0.305 e. The Morgan fingerprint density at radius 3 is 2.65 bits per heavy atom. The predicted octanol–water partition coefficient (Wildman–Crippen LogP) is 3.10. The summed E-state index contributed by atoms with van der Waals surface area (Å²) in [4.78, 5) is 14.2. The number of methoxy groups -OCH3 is 1. The second-order valence-corrected chi connectivity index (χ2v) is 6.71. The van der Waals surface area contributed by atoms with Crippen molar-refractivity contribution in [1.29, 1.82) is 0 Å². The zero-order chi connectivity index (χ0) is 16.2. The number of nitrogens with two attached hydrogens (primary N) is 1. The van der Waals surface area contributed by atoms with Crippen LogP contribution in [0.5, 0.6) is 5.75 Å². The number of H-pyrrole nitrogens is 1. The van der Waals surface area contributed by atoms with Gasteiger partial charge in [0.2, 0.25) is 0 Å². The van der Waals surface area contributed by atoms with Crippen molar-refractivity contribution in [1.82, 2.24) is 4.98 Å². The fourth-order valence-electron chi connectivity index (χ4n) is 2.66. The highest BCUT2D eigenvalue weighted by Gasteiger charge is 2.07. The van der Waals surface area contributed by atoms with Crippen molar-refractivity contribution < 1.29 is 4.74 Å². The van der Waals surface area contributed by atoms with Crippen molar-refractivity contribution in [3.05, 3.63) is 63.3 Å². The lowest BCUT2D eigenvalue weighted by Crippen LogP contribution is -2.23. The van der Waals surface area contributed by atoms with Crippen molar-refractivity contribution in [3.8, 4) is 5.75 Å². The standard InChI is InChI=1S/C18H20N2O2S/c1-22-15-7-3-12(4-8-15)10-14(19)6-2-13-5-9-16-17(11-13)23-18(21)20-16/h3-5,7-9,11,14H,2,6,10,19H2,1H3,(H,20,21). The predicted molar refractivity (Wildman–Crippen MR) is 95.4 cm³/mol. The number of aryl methyl sites for hydroxylation is 1. The van der Waals surface area contributed by atoms with Gasteiger partial charge < -0.3 is 15.5 Å². The van der Waals surface area contributed by atoms with Gasteiger partial charge in [-0.15, -0.1) is 0 Å². The highest BCUT2D eigenvalue weighted by molar-refractivity contribution is 7.16. The minimum absolute atomic E-state index is 0.00615. The Bertz CT molecular complexity index is 836. The van der Waals surface area contributed by atoms with E-state index in [-0.39, 0.29) is 10.9 Å². The highest BCUT2D eigenvalue weighted by atomic mass is 32.1. The molecule has 0 bridgehead atoms. The quantitative estimate of drug-likeness (QED) is 0.730. The lowest BCUT2D eigenvalue weighted by molar-refractivity contribution is 0.414. The number of ether oxygens (including phenoxy) is 1. The van der Waals surface area contributed by atoms with Crippen molar-refractivity contribution >= 4 is 21.6 Å². The summed E-state index contributed by atoms with van der Waals surface area (Å²) in [7, 11) is 1.67. The molecular weight excluding hydrogens is 308 g/mol. The van der Waals surface area contributed by atoms with E-state index in [1.807, 2.05) is 18.2 Å². The Hall–Kier alpha value is -2.11. The number of aromatic amines is 1. The van der Waals surface area contributed by atoms with E-state index in [9.17, 15) is 4.79 Å². The van der Waals surface area contributed by atoms with E-state index in [2.05, 4.69) is 29.2 Å². The molecule has 0 radical (unpaired) electrons. The van der Waals surface area contributed by atoms with Crippen molar-refractivity contribution in [2.75, 3.05) is 7.11 Å². The molecule has 0 saturated carbocycles. The van der Waals surface area contributed by atoms with E-state index in [1.54, 1.807) is 7.11 Å². The average Bonchev–Trinajstić information content (AvgIpc) is 2.93. The topological polar surface area (TPSA) is 68.1 Å². The third-order valence-corrected chi connectivity index (χ3v) is 4.79. The zero-order valence-electron chi connectivity index (χ0n) is 13.0. The first kappa shape index (κ1) is 15.8. The van der Waals surface area contributed by atoms with E-state index in [0.29, 0.717) is 0 Å². The molecule has 0 amide bonds. The second-order valence-electron chi connectivity index (χ2n) is 5.70. The third kappa shape index (κ3) is 4.00. The van der Waals surface area contributed by atoms with Gasteiger partial charge in [0.15, 0.2) is 0 Å². The number of benzene rings is 2. The molecule has 3 rings (SSSR count). The fourth-order valence-corrected chi connectivity index (χ4v) is 3.46. The third-order valence-electron chi connectivity index (χ3n) is 3.95. The minimum Gasteiger partial charge on any atom is -0.497 e. The van der Waals surface area contributed by atoms with E-state index >= 15 is 0 Å². The Labute approximate surface area is 138 Å². The number of aromatic nitrogens is 1. The maximum absolute atomic E-state index is 11.3. The molecule has 0 saturated heterocycles. The number of nitrogens with one attached hydrogen (secondary N) is 1. The van der Waals surface area contributed by atoms with Crippen LogP contribution in [-0.2, 0) is 12.8 Å². The molecule has 1 atom stereocenters. The van der Waals surface area contributed by atoms with Crippen LogP contribution in [-0.4, -0.2) is 18.1 Å². The fraction of sp³-hybridized carbons (Fsp3) is 0.278. The summed E-state index contributed by atoms with van der Waals surface area (Å²) in [5.41, 5.74) is 9.60. The molecule has 3 N–H and O–H groups in total. The smallest absolute Gasteiger partial charge is 0.305 e. The summed E-state index contributed by atoms with van der Waals surface area (Å²) in [6.45, 7) is 0. The van der Waals surface area contributed by atoms with Crippen LogP contribution in [0.3, 0.4) is 0 Å². The number of rotatable bonds is 6. The van der Waals surface area contributed by atoms with Gasteiger partial charge in [-0.1, -0.05) is 29.5 Å². The molecule has 0 spiro atoms. The van der Waals surface area contributed by atoms with Gasteiger partial charge in [-0.3, -0.25) is 4.79 Å². The van der Waals surface area contributed by atoms with Crippen molar-refractivity contribution in [2.24, 2.45) is 5.73 Å². The molecule has 23 heavy (non-hydrogen) atoms. The van der Waals surface area contributed by atoms with Gasteiger partial charge in [0.25, 0.3) is 0 Å². The lowest BCUT2D eigenvalue weighted by atomic mass is 9.99. The monoisotopic (exact) mass is 328 g/mol. The maximum atomic E-state index is 11.3. The number of fused-ring (bicyclic) bond motifs is 1. The lowest BCUT2D eigenvalue weighted by Gasteiger charge is -2.12. The summed E-state index contributed by atoms with van der Waals surface area (Å²) >= 11 is 1.25. The Kier molecular flexibility index (Phi) is 4.79. The molecule has 1 aromatic heterocycles. The van der Waals surface area contributed by atoms with Crippen LogP contribution in [0.15, 0.2) is 47.3 Å². The molecule has 0 aliphatic carbocycles. The first-order chi connectivity index (χ1) is 11.1. The highest BCUT2D eigenvalue weighted by Crippen LogP contribution is 2.18. The number of hydrogen-bond acceptors (Lipinski definition) is 4. The molecule has 5 heteroatoms. The van der Waals surface area contributed by atoms with Gasteiger partial charge >= 0.3 is 4.87 Å². The van der Waals surface area contributed by atoms with Crippen LogP contribution in [0.25, 0.3) is 10.2 Å². The molecule has 120 valence electrons. The number of thiazole rings is 1. The Morgan fingerprint density at radius 1 is 1.17 bits per heavy atom. The average molecular weight is 328 g/mol. The molecule has 4 nitrogen and oxygen atoms in total. The summed E-state index contributed by atoms with van der Waals surface area (Å²) in [5, 5.41) is 0. The van der Waals surface area contributed by atoms with Gasteiger partial charge in [0, 0.05) is 6.04 Å². The van der Waals surface area contributed by atoms with E-state index < -0.39 is 0 Å². The summed E-state index contributed by atoms with van der Waals surface area (Å²) < 4.78 is 6.17. The molecule has 3 aromatic rings. The molecule has 1 heterocycles. The normalized spacial score (nSPS) is 12.4. The van der Waals surface area contributed by atoms with Crippen LogP contribution in [0.2, 0.25) is 0 Å². The Morgan fingerprint density at radius 2 is 1.91 bits per heavy atom.